The molecule has 0 aromatic heterocycles. The van der Waals surface area contributed by atoms with E-state index in [0.717, 1.165) is 42.8 Å². The lowest BCUT2D eigenvalue weighted by molar-refractivity contribution is -0.420. The van der Waals surface area contributed by atoms with Crippen LogP contribution in [0.1, 0.15) is 96.8 Å². The van der Waals surface area contributed by atoms with E-state index in [1.165, 1.54) is 82.4 Å². The third kappa shape index (κ3) is 17.7. The Labute approximate surface area is 299 Å². The fourth-order valence-corrected chi connectivity index (χ4v) is 7.98. The third-order valence-electron chi connectivity index (χ3n) is 6.54. The number of hydrogen-bond donors (Lipinski definition) is 2. The maximum atomic E-state index is 12.1. The van der Waals surface area contributed by atoms with Gasteiger partial charge in [0.2, 0.25) is 0 Å². The van der Waals surface area contributed by atoms with Gasteiger partial charge in [-0.25, -0.2) is 0 Å². The molecule has 252 valence electrons. The van der Waals surface area contributed by atoms with Crippen LogP contribution in [0.3, 0.4) is 0 Å². The molecular formula is C28H43Cl5N4O4S3. The van der Waals surface area contributed by atoms with Gasteiger partial charge in [0.05, 0.1) is 14.2 Å². The van der Waals surface area contributed by atoms with Crippen molar-refractivity contribution in [3.8, 4) is 0 Å². The summed E-state index contributed by atoms with van der Waals surface area (Å²) >= 11 is 33.9. The van der Waals surface area contributed by atoms with Gasteiger partial charge in [-0.15, -0.1) is 23.5 Å². The van der Waals surface area contributed by atoms with Crippen LogP contribution in [0.5, 0.6) is 0 Å². The van der Waals surface area contributed by atoms with E-state index in [4.69, 9.17) is 58.0 Å². The standard InChI is InChI=1S/C28H43Cl5N4O4S3/c1-2-3-4-5-6-7-8-9-10-11-12-13-14-15-18-43-28-24(37(40)41)22(30)26(33)42-19-16-34-27(44-20-17-35-28)23(36(38)39)21(29)25(31)32/h34-35H,2-20H2,1H3/b26-22-,27-23-,28-24-. The second-order valence-corrected chi connectivity index (χ2v) is 15.6. The average molecular weight is 773 g/mol. The molecule has 0 atom stereocenters. The van der Waals surface area contributed by atoms with Gasteiger partial charge in [-0.3, -0.25) is 20.2 Å². The van der Waals surface area contributed by atoms with Gasteiger partial charge in [-0.05, 0) is 12.2 Å². The first kappa shape index (κ1) is 41.9. The number of nitrogens with one attached hydrogen (secondary N) is 2. The fraction of sp³-hybridized carbons (Fsp3) is 0.714. The van der Waals surface area contributed by atoms with Crippen LogP contribution in [0.2, 0.25) is 0 Å². The predicted molar refractivity (Wildman–Crippen MR) is 195 cm³/mol. The molecule has 0 aromatic rings. The highest BCUT2D eigenvalue weighted by molar-refractivity contribution is 8.04. The van der Waals surface area contributed by atoms with Gasteiger partial charge in [-0.2, -0.15) is 0 Å². The number of halogens is 5. The normalized spacial score (nSPS) is 19.6. The van der Waals surface area contributed by atoms with E-state index in [1.807, 2.05) is 0 Å². The molecule has 0 aliphatic carbocycles. The summed E-state index contributed by atoms with van der Waals surface area (Å²) in [5, 5.41) is 29.9. The smallest absolute Gasteiger partial charge is 0.319 e. The van der Waals surface area contributed by atoms with Crippen molar-refractivity contribution in [3.63, 3.8) is 0 Å². The molecular weight excluding hydrogens is 730 g/mol. The van der Waals surface area contributed by atoms with Crippen molar-refractivity contribution in [1.82, 2.24) is 10.6 Å². The van der Waals surface area contributed by atoms with Crippen molar-refractivity contribution < 1.29 is 9.85 Å². The molecule has 0 amide bonds. The van der Waals surface area contributed by atoms with Gasteiger partial charge in [-0.1, -0.05) is 160 Å². The lowest BCUT2D eigenvalue weighted by Crippen LogP contribution is -2.22. The number of hydrogen-bond acceptors (Lipinski definition) is 9. The Morgan fingerprint density at radius 1 is 0.795 bits per heavy atom. The van der Waals surface area contributed by atoms with Gasteiger partial charge in [0.25, 0.3) is 0 Å². The molecule has 16 heteroatoms. The Morgan fingerprint density at radius 2 is 1.30 bits per heavy atom. The first-order chi connectivity index (χ1) is 21.1. The molecule has 1 heterocycles. The Bertz CT molecular complexity index is 1040. The molecule has 1 aliphatic heterocycles. The van der Waals surface area contributed by atoms with Crippen molar-refractivity contribution in [2.75, 3.05) is 30.3 Å². The van der Waals surface area contributed by atoms with Crippen LogP contribution in [0, 0.1) is 20.2 Å². The monoisotopic (exact) mass is 770 g/mol. The van der Waals surface area contributed by atoms with E-state index in [2.05, 4.69) is 17.6 Å². The summed E-state index contributed by atoms with van der Waals surface area (Å²) in [4.78, 5) is 22.7. The summed E-state index contributed by atoms with van der Waals surface area (Å²) in [6.45, 7) is 2.74. The molecule has 1 aliphatic rings. The van der Waals surface area contributed by atoms with Gasteiger partial charge in [0, 0.05) is 24.6 Å². The molecule has 0 bridgehead atoms. The largest absolute Gasteiger partial charge is 0.373 e. The second-order valence-electron chi connectivity index (χ2n) is 10.0. The van der Waals surface area contributed by atoms with Gasteiger partial charge in [0.15, 0.2) is 5.03 Å². The number of allylic oxidation sites excluding steroid dienone is 2. The van der Waals surface area contributed by atoms with Crippen molar-refractivity contribution in [2.24, 2.45) is 0 Å². The fourth-order valence-electron chi connectivity index (χ4n) is 4.27. The molecule has 2 N–H and O–H groups in total. The van der Waals surface area contributed by atoms with E-state index in [1.54, 1.807) is 0 Å². The maximum Gasteiger partial charge on any atom is 0.319 e. The Hall–Kier alpha value is -0.140. The average Bonchev–Trinajstić information content (AvgIpc) is 2.98. The predicted octanol–water partition coefficient (Wildman–Crippen LogP) is 11.3. The van der Waals surface area contributed by atoms with E-state index >= 15 is 0 Å². The lowest BCUT2D eigenvalue weighted by atomic mass is 10.0. The van der Waals surface area contributed by atoms with E-state index in [9.17, 15) is 20.2 Å². The van der Waals surface area contributed by atoms with Crippen LogP contribution in [0.25, 0.3) is 0 Å². The molecule has 1 rings (SSSR count). The summed E-state index contributed by atoms with van der Waals surface area (Å²) in [6, 6.07) is 0. The van der Waals surface area contributed by atoms with Crippen LogP contribution in [0.15, 0.2) is 40.4 Å². The zero-order chi connectivity index (χ0) is 32.7. The number of nitro groups is 2. The van der Waals surface area contributed by atoms with Crippen LogP contribution in [0.4, 0.5) is 0 Å². The Balaban J connectivity index is 2.73. The van der Waals surface area contributed by atoms with E-state index < -0.39 is 20.0 Å². The Morgan fingerprint density at radius 3 is 1.80 bits per heavy atom. The second kappa shape index (κ2) is 25.9. The van der Waals surface area contributed by atoms with Gasteiger partial charge < -0.3 is 10.6 Å². The van der Waals surface area contributed by atoms with Crippen LogP contribution in [-0.2, 0) is 0 Å². The van der Waals surface area contributed by atoms with Gasteiger partial charge in [0.1, 0.15) is 19.6 Å². The summed E-state index contributed by atoms with van der Waals surface area (Å²) < 4.78 is -0.368. The number of thioether (sulfide) groups is 3. The summed E-state index contributed by atoms with van der Waals surface area (Å²) in [5.74, 6) is 1.31. The quantitative estimate of drug-likeness (QED) is 0.0753. The first-order valence-corrected chi connectivity index (χ1v) is 19.9. The molecule has 8 nitrogen and oxygen atoms in total. The van der Waals surface area contributed by atoms with E-state index in [-0.39, 0.29) is 38.2 Å². The lowest BCUT2D eigenvalue weighted by Gasteiger charge is -2.13. The minimum atomic E-state index is -0.659. The SMILES string of the molecule is CCCCCCCCCCCCCCCCS/C1=C([N+](=O)[O-])/C(Cl)=C(\Cl)SCCN/C(=C(\C(Cl)=C(Cl)Cl)[N+](=O)[O-])SCCN1. The number of nitrogens with zero attached hydrogens (tertiary/aromatic N) is 2. The zero-order valence-electron chi connectivity index (χ0n) is 25.1. The topological polar surface area (TPSA) is 110 Å². The number of unbranched alkanes of at least 4 members (excludes halogenated alkanes) is 13. The molecule has 0 aromatic carbocycles. The third-order valence-corrected chi connectivity index (χ3v) is 11.6. The molecule has 0 saturated heterocycles. The first-order valence-electron chi connectivity index (χ1n) is 15.0. The molecule has 44 heavy (non-hydrogen) atoms. The summed E-state index contributed by atoms with van der Waals surface area (Å²) in [6.07, 6.45) is 17.6. The highest BCUT2D eigenvalue weighted by atomic mass is 35.5. The maximum absolute atomic E-state index is 12.1. The summed E-state index contributed by atoms with van der Waals surface area (Å²) in [7, 11) is 0. The molecule has 0 spiro atoms. The molecule has 0 radical (unpaired) electrons. The van der Waals surface area contributed by atoms with Crippen molar-refractivity contribution in [2.45, 2.75) is 96.8 Å². The minimum Gasteiger partial charge on any atom is -0.373 e. The van der Waals surface area contributed by atoms with Crippen LogP contribution >= 0.6 is 93.3 Å². The highest BCUT2D eigenvalue weighted by Gasteiger charge is 2.28. The molecule has 0 saturated carbocycles. The minimum absolute atomic E-state index is 0.0604. The van der Waals surface area contributed by atoms with E-state index in [0.29, 0.717) is 22.3 Å². The molecule has 0 unspecified atom stereocenters. The van der Waals surface area contributed by atoms with Crippen molar-refractivity contribution in [1.29, 1.82) is 0 Å². The Kier molecular flexibility index (Phi) is 24.6. The summed E-state index contributed by atoms with van der Waals surface area (Å²) in [5.41, 5.74) is -0.733. The van der Waals surface area contributed by atoms with Crippen molar-refractivity contribution in [3.05, 3.63) is 60.6 Å². The van der Waals surface area contributed by atoms with Gasteiger partial charge >= 0.3 is 11.4 Å². The van der Waals surface area contributed by atoms with Crippen LogP contribution < -0.4 is 10.6 Å². The van der Waals surface area contributed by atoms with Crippen LogP contribution in [-0.4, -0.2) is 40.2 Å². The number of rotatable bonds is 19. The molecule has 0 fully saturated rings. The van der Waals surface area contributed by atoms with Crippen molar-refractivity contribution >= 4 is 93.3 Å². The highest BCUT2D eigenvalue weighted by Crippen LogP contribution is 2.36. The zero-order valence-corrected chi connectivity index (χ0v) is 31.3.